The van der Waals surface area contributed by atoms with E-state index >= 15 is 0 Å². The molecule has 1 amide bonds. The van der Waals surface area contributed by atoms with Crippen LogP contribution in [0.25, 0.3) is 0 Å². The molecule has 3 heterocycles. The SMILES string of the molecule is CC1C(=O)NC2C[N+]1(C)C2(C)C. The van der Waals surface area contributed by atoms with Gasteiger partial charge >= 0.3 is 0 Å². The van der Waals surface area contributed by atoms with Crippen LogP contribution in [-0.2, 0) is 4.79 Å². The molecule has 3 aliphatic heterocycles. The molecule has 3 heteroatoms. The van der Waals surface area contributed by atoms with Gasteiger partial charge in [-0.25, -0.2) is 0 Å². The van der Waals surface area contributed by atoms with E-state index in [2.05, 4.69) is 26.2 Å². The second-order valence-corrected chi connectivity index (χ2v) is 4.84. The zero-order valence-electron chi connectivity index (χ0n) is 8.22. The number of amides is 1. The Morgan fingerprint density at radius 3 is 2.58 bits per heavy atom. The Bertz CT molecular complexity index is 249. The molecule has 2 bridgehead atoms. The summed E-state index contributed by atoms with van der Waals surface area (Å²) in [5.74, 6) is 0.216. The molecular formula is C9H17N2O+. The van der Waals surface area contributed by atoms with Crippen LogP contribution in [0.5, 0.6) is 0 Å². The fraction of sp³-hybridized carbons (Fsp3) is 0.889. The fourth-order valence-electron chi connectivity index (χ4n) is 2.51. The van der Waals surface area contributed by atoms with Crippen molar-refractivity contribution >= 4 is 5.91 Å². The van der Waals surface area contributed by atoms with E-state index in [-0.39, 0.29) is 17.5 Å². The number of hydrogen-bond donors (Lipinski definition) is 1. The number of carbonyl (C=O) groups excluding carboxylic acids is 1. The van der Waals surface area contributed by atoms with E-state index in [1.807, 2.05) is 6.92 Å². The van der Waals surface area contributed by atoms with Crippen LogP contribution in [0.1, 0.15) is 20.8 Å². The minimum Gasteiger partial charge on any atom is -0.337 e. The largest absolute Gasteiger partial charge is 0.337 e. The molecule has 3 fully saturated rings. The number of quaternary nitrogens is 1. The average molecular weight is 169 g/mol. The van der Waals surface area contributed by atoms with Gasteiger partial charge in [0.1, 0.15) is 18.1 Å². The van der Waals surface area contributed by atoms with Crippen LogP contribution in [0, 0.1) is 0 Å². The Morgan fingerprint density at radius 2 is 2.17 bits per heavy atom. The number of carbonyl (C=O) groups is 1. The summed E-state index contributed by atoms with van der Waals surface area (Å²) in [6.07, 6.45) is 0. The third-order valence-electron chi connectivity index (χ3n) is 4.28. The normalized spacial score (nSPS) is 49.5. The third kappa shape index (κ3) is 0.600. The van der Waals surface area contributed by atoms with E-state index in [0.717, 1.165) is 11.0 Å². The number of hydrogen-bond acceptors (Lipinski definition) is 1. The molecule has 3 nitrogen and oxygen atoms in total. The minimum atomic E-state index is 0.116. The van der Waals surface area contributed by atoms with Gasteiger partial charge in [-0.1, -0.05) is 0 Å². The highest BCUT2D eigenvalue weighted by Crippen LogP contribution is 2.42. The van der Waals surface area contributed by atoms with E-state index in [1.54, 1.807) is 0 Å². The molecule has 1 N–H and O–H groups in total. The maximum absolute atomic E-state index is 11.4. The summed E-state index contributed by atoms with van der Waals surface area (Å²) in [5.41, 5.74) is 0.229. The van der Waals surface area contributed by atoms with Crippen LogP contribution < -0.4 is 5.32 Å². The molecule has 0 aliphatic carbocycles. The first-order valence-electron chi connectivity index (χ1n) is 4.55. The summed E-state index contributed by atoms with van der Waals surface area (Å²) in [6, 6.07) is 0.510. The van der Waals surface area contributed by atoms with Crippen molar-refractivity contribution in [3.8, 4) is 0 Å². The number of fused-ring (bicyclic) bond motifs is 2. The van der Waals surface area contributed by atoms with Crippen molar-refractivity contribution in [1.29, 1.82) is 0 Å². The predicted octanol–water partition coefficient (Wildman–Crippen LogP) is 0.112. The van der Waals surface area contributed by atoms with Crippen LogP contribution >= 0.6 is 0 Å². The molecule has 3 rings (SSSR count). The first-order chi connectivity index (χ1) is 5.39. The summed E-state index contributed by atoms with van der Waals surface area (Å²) >= 11 is 0. The lowest BCUT2D eigenvalue weighted by Gasteiger charge is -2.66. The number of nitrogens with zero attached hydrogens (tertiary/aromatic N) is 1. The van der Waals surface area contributed by atoms with Gasteiger partial charge in [-0.2, -0.15) is 0 Å². The van der Waals surface area contributed by atoms with Gasteiger partial charge in [-0.15, -0.1) is 0 Å². The van der Waals surface area contributed by atoms with Crippen molar-refractivity contribution in [1.82, 2.24) is 5.32 Å². The summed E-state index contributed by atoms with van der Waals surface area (Å²) in [6.45, 7) is 7.58. The lowest BCUT2D eigenvalue weighted by molar-refractivity contribution is -1.02. The monoisotopic (exact) mass is 169 g/mol. The zero-order chi connectivity index (χ0) is 9.15. The maximum Gasteiger partial charge on any atom is 0.278 e. The molecule has 3 saturated heterocycles. The molecule has 0 aromatic carbocycles. The van der Waals surface area contributed by atoms with Crippen molar-refractivity contribution in [2.24, 2.45) is 0 Å². The highest BCUT2D eigenvalue weighted by atomic mass is 16.2. The Kier molecular flexibility index (Phi) is 1.24. The second-order valence-electron chi connectivity index (χ2n) is 4.84. The Labute approximate surface area is 73.3 Å². The molecule has 0 spiro atoms. The van der Waals surface area contributed by atoms with Crippen LogP contribution in [0.4, 0.5) is 0 Å². The van der Waals surface area contributed by atoms with E-state index in [9.17, 15) is 4.79 Å². The van der Waals surface area contributed by atoms with Crippen molar-refractivity contribution in [2.75, 3.05) is 13.6 Å². The van der Waals surface area contributed by atoms with Crippen molar-refractivity contribution in [2.45, 2.75) is 38.4 Å². The molecule has 3 aliphatic rings. The summed E-state index contributed by atoms with van der Waals surface area (Å²) < 4.78 is 0.906. The molecule has 0 aromatic rings. The first kappa shape index (κ1) is 8.05. The van der Waals surface area contributed by atoms with Crippen LogP contribution in [0.15, 0.2) is 0 Å². The van der Waals surface area contributed by atoms with Gasteiger partial charge < -0.3 is 9.80 Å². The van der Waals surface area contributed by atoms with Gasteiger partial charge in [0.15, 0.2) is 6.04 Å². The van der Waals surface area contributed by atoms with Crippen LogP contribution in [0.2, 0.25) is 0 Å². The van der Waals surface area contributed by atoms with Crippen LogP contribution in [0.3, 0.4) is 0 Å². The lowest BCUT2D eigenvalue weighted by Crippen LogP contribution is -2.90. The quantitative estimate of drug-likeness (QED) is 0.512. The molecule has 0 aromatic heterocycles. The Balaban J connectivity index is 2.36. The molecular weight excluding hydrogens is 152 g/mol. The second kappa shape index (κ2) is 1.84. The van der Waals surface area contributed by atoms with E-state index in [4.69, 9.17) is 0 Å². The highest BCUT2D eigenvalue weighted by Gasteiger charge is 2.66. The number of likely N-dealkylation sites (N-methyl/N-ethyl adjacent to an activating group) is 1. The van der Waals surface area contributed by atoms with Crippen LogP contribution in [-0.4, -0.2) is 41.6 Å². The highest BCUT2D eigenvalue weighted by molar-refractivity contribution is 5.82. The van der Waals surface area contributed by atoms with Crippen molar-refractivity contribution in [3.05, 3.63) is 0 Å². The molecule has 0 radical (unpaired) electrons. The Morgan fingerprint density at radius 1 is 1.58 bits per heavy atom. The summed E-state index contributed by atoms with van der Waals surface area (Å²) in [7, 11) is 2.18. The number of piperazine rings is 2. The van der Waals surface area contributed by atoms with Crippen molar-refractivity contribution in [3.63, 3.8) is 0 Å². The standard InChI is InChI=1S/C9H16N2O/c1-6-8(12)10-7-5-11(6,4)9(7,2)3/h6-7H,5H2,1-4H3/p+1. The zero-order valence-corrected chi connectivity index (χ0v) is 8.22. The lowest BCUT2D eigenvalue weighted by atomic mass is 9.75. The van der Waals surface area contributed by atoms with Gasteiger partial charge in [-0.3, -0.25) is 4.79 Å². The molecule has 3 unspecified atom stereocenters. The molecule has 12 heavy (non-hydrogen) atoms. The maximum atomic E-state index is 11.4. The van der Waals surface area contributed by atoms with Gasteiger partial charge in [-0.05, 0) is 20.8 Å². The fourth-order valence-corrected chi connectivity index (χ4v) is 2.51. The first-order valence-corrected chi connectivity index (χ1v) is 4.55. The topological polar surface area (TPSA) is 29.1 Å². The summed E-state index contributed by atoms with van der Waals surface area (Å²) in [4.78, 5) is 11.4. The third-order valence-corrected chi connectivity index (χ3v) is 4.28. The van der Waals surface area contributed by atoms with E-state index < -0.39 is 0 Å². The van der Waals surface area contributed by atoms with E-state index in [1.165, 1.54) is 0 Å². The number of rotatable bonds is 0. The Hall–Kier alpha value is -0.570. The average Bonchev–Trinajstić information content (AvgIpc) is 1.99. The molecule has 68 valence electrons. The number of nitrogens with one attached hydrogen (secondary N) is 1. The van der Waals surface area contributed by atoms with Gasteiger partial charge in [0.2, 0.25) is 0 Å². The smallest absolute Gasteiger partial charge is 0.278 e. The van der Waals surface area contributed by atoms with Gasteiger partial charge in [0, 0.05) is 0 Å². The minimum absolute atomic E-state index is 0.116. The van der Waals surface area contributed by atoms with Gasteiger partial charge in [0.25, 0.3) is 5.91 Å². The summed E-state index contributed by atoms with van der Waals surface area (Å²) in [5, 5.41) is 3.06. The predicted molar refractivity (Wildman–Crippen MR) is 46.5 cm³/mol. The van der Waals surface area contributed by atoms with E-state index in [0.29, 0.717) is 6.04 Å². The van der Waals surface area contributed by atoms with Crippen molar-refractivity contribution < 1.29 is 9.28 Å². The van der Waals surface area contributed by atoms with Gasteiger partial charge in [0.05, 0.1) is 7.05 Å². The molecule has 0 saturated carbocycles. The molecule has 3 atom stereocenters.